The van der Waals surface area contributed by atoms with Crippen LogP contribution in [0.3, 0.4) is 0 Å². The number of hydrogen-bond donors (Lipinski definition) is 0. The zero-order valence-electron chi connectivity index (χ0n) is 16.4. The van der Waals surface area contributed by atoms with Crippen LogP contribution < -0.4 is 10.5 Å². The Kier molecular flexibility index (Phi) is 5.33. The van der Waals surface area contributed by atoms with E-state index in [9.17, 15) is 19.6 Å². The van der Waals surface area contributed by atoms with Crippen LogP contribution in [0.15, 0.2) is 40.6 Å². The second-order valence-corrected chi connectivity index (χ2v) is 8.01. The number of Topliss-reactive ketones (excluding diaryl/α,β-unsaturated/α-hetero) is 1. The number of nitrogens with zero attached hydrogens (tertiary/aromatic N) is 5. The number of pyridine rings is 2. The van der Waals surface area contributed by atoms with Gasteiger partial charge in [-0.05, 0) is 30.5 Å². The predicted octanol–water partition coefficient (Wildman–Crippen LogP) is 1.88. The minimum Gasteiger partial charge on any atom is -0.366 e. The van der Waals surface area contributed by atoms with E-state index in [4.69, 9.17) is 0 Å². The lowest BCUT2D eigenvalue weighted by atomic mass is 10.1. The van der Waals surface area contributed by atoms with Crippen LogP contribution >= 0.6 is 11.3 Å². The number of anilines is 1. The molecule has 0 bridgehead atoms. The van der Waals surface area contributed by atoms with Crippen LogP contribution in [0.1, 0.15) is 22.2 Å². The molecule has 1 aliphatic heterocycles. The minimum absolute atomic E-state index is 0.00483. The molecule has 0 spiro atoms. The number of nitriles is 1. The Morgan fingerprint density at radius 3 is 2.60 bits per heavy atom. The average Bonchev–Trinajstić information content (AvgIpc) is 3.29. The fourth-order valence-electron chi connectivity index (χ4n) is 3.75. The lowest BCUT2D eigenvalue weighted by Crippen LogP contribution is -2.49. The van der Waals surface area contributed by atoms with E-state index in [0.29, 0.717) is 47.8 Å². The summed E-state index contributed by atoms with van der Waals surface area (Å²) >= 11 is 1.41. The largest absolute Gasteiger partial charge is 0.366 e. The molecule has 4 heterocycles. The summed E-state index contributed by atoms with van der Waals surface area (Å²) in [5.74, 6) is -0.199. The van der Waals surface area contributed by atoms with Crippen LogP contribution in [0.5, 0.6) is 0 Å². The Balaban J connectivity index is 1.72. The van der Waals surface area contributed by atoms with Gasteiger partial charge in [-0.25, -0.2) is 4.98 Å². The lowest BCUT2D eigenvalue weighted by molar-refractivity contribution is -0.117. The first-order valence-corrected chi connectivity index (χ1v) is 10.4. The smallest absolute Gasteiger partial charge is 0.272 e. The SMILES string of the molecule is CC(=O)Cn1c(=O)c(C#N)c(N2CCN(C(=O)c3cccs3)CC2)c2cccnc21. The van der Waals surface area contributed by atoms with Crippen LogP contribution in [-0.2, 0) is 11.3 Å². The number of hydrogen-bond acceptors (Lipinski definition) is 7. The highest BCUT2D eigenvalue weighted by atomic mass is 32.1. The van der Waals surface area contributed by atoms with E-state index in [0.717, 1.165) is 0 Å². The minimum atomic E-state index is -0.522. The van der Waals surface area contributed by atoms with Crippen molar-refractivity contribution >= 4 is 39.7 Å². The summed E-state index contributed by atoms with van der Waals surface area (Å²) in [6, 6.07) is 9.23. The highest BCUT2D eigenvalue weighted by Gasteiger charge is 2.27. The van der Waals surface area contributed by atoms with E-state index < -0.39 is 5.56 Å². The molecule has 1 aliphatic rings. The fraction of sp³-hybridized carbons (Fsp3) is 0.286. The molecule has 0 saturated carbocycles. The second-order valence-electron chi connectivity index (χ2n) is 7.06. The van der Waals surface area contributed by atoms with Gasteiger partial charge >= 0.3 is 0 Å². The summed E-state index contributed by atoms with van der Waals surface area (Å²) in [5, 5.41) is 12.3. The third kappa shape index (κ3) is 3.46. The van der Waals surface area contributed by atoms with Crippen molar-refractivity contribution in [3.63, 3.8) is 0 Å². The third-order valence-corrected chi connectivity index (χ3v) is 5.96. The van der Waals surface area contributed by atoms with Gasteiger partial charge in [-0.15, -0.1) is 11.3 Å². The van der Waals surface area contributed by atoms with Gasteiger partial charge in [0.25, 0.3) is 11.5 Å². The highest BCUT2D eigenvalue weighted by molar-refractivity contribution is 7.12. The topological polar surface area (TPSA) is 99.3 Å². The molecule has 0 radical (unpaired) electrons. The normalized spacial score (nSPS) is 14.0. The summed E-state index contributed by atoms with van der Waals surface area (Å²) in [6.07, 6.45) is 1.56. The Morgan fingerprint density at radius 1 is 1.20 bits per heavy atom. The second kappa shape index (κ2) is 8.08. The molecule has 0 aromatic carbocycles. The molecule has 1 fully saturated rings. The van der Waals surface area contributed by atoms with Crippen LogP contribution in [0.2, 0.25) is 0 Å². The van der Waals surface area contributed by atoms with Crippen molar-refractivity contribution in [1.82, 2.24) is 14.5 Å². The maximum absolute atomic E-state index is 13.0. The standard InChI is InChI=1S/C21H19N5O3S/c1-14(27)13-26-19-15(4-2-6-23-19)18(16(12-22)20(26)28)24-7-9-25(10-8-24)21(29)17-5-3-11-30-17/h2-6,11H,7-10,13H2,1H3. The van der Waals surface area contributed by atoms with Crippen molar-refractivity contribution in [1.29, 1.82) is 5.26 Å². The van der Waals surface area contributed by atoms with E-state index in [-0.39, 0.29) is 23.8 Å². The molecule has 152 valence electrons. The summed E-state index contributed by atoms with van der Waals surface area (Å²) in [5.41, 5.74) is 0.373. The van der Waals surface area contributed by atoms with Crippen LogP contribution in [-0.4, -0.2) is 52.3 Å². The molecule has 8 nitrogen and oxygen atoms in total. The monoisotopic (exact) mass is 421 g/mol. The molecular formula is C21H19N5O3S. The van der Waals surface area contributed by atoms with E-state index in [1.807, 2.05) is 22.4 Å². The number of piperazine rings is 1. The Morgan fingerprint density at radius 2 is 1.97 bits per heavy atom. The van der Waals surface area contributed by atoms with Gasteiger partial charge in [0.05, 0.1) is 17.1 Å². The van der Waals surface area contributed by atoms with Crippen molar-refractivity contribution in [3.8, 4) is 6.07 Å². The number of ketones is 1. The molecule has 0 unspecified atom stereocenters. The van der Waals surface area contributed by atoms with E-state index in [1.54, 1.807) is 29.3 Å². The molecule has 0 atom stereocenters. The highest BCUT2D eigenvalue weighted by Crippen LogP contribution is 2.29. The summed E-state index contributed by atoms with van der Waals surface area (Å²) < 4.78 is 1.26. The summed E-state index contributed by atoms with van der Waals surface area (Å²) in [7, 11) is 0. The molecule has 0 N–H and O–H groups in total. The molecule has 0 aliphatic carbocycles. The Labute approximate surface area is 176 Å². The zero-order chi connectivity index (χ0) is 21.3. The number of aromatic nitrogens is 2. The van der Waals surface area contributed by atoms with Gasteiger partial charge in [0, 0.05) is 37.8 Å². The molecule has 3 aromatic rings. The maximum atomic E-state index is 13.0. The zero-order valence-corrected chi connectivity index (χ0v) is 17.2. The first kappa shape index (κ1) is 19.8. The van der Waals surface area contributed by atoms with Gasteiger partial charge in [0.15, 0.2) is 0 Å². The van der Waals surface area contributed by atoms with Crippen LogP contribution in [0.4, 0.5) is 5.69 Å². The van der Waals surface area contributed by atoms with Crippen LogP contribution in [0.25, 0.3) is 11.0 Å². The number of carbonyl (C=O) groups excluding carboxylic acids is 2. The number of fused-ring (bicyclic) bond motifs is 1. The quantitative estimate of drug-likeness (QED) is 0.638. The van der Waals surface area contributed by atoms with Crippen molar-refractivity contribution in [2.24, 2.45) is 0 Å². The molecular weight excluding hydrogens is 402 g/mol. The van der Waals surface area contributed by atoms with Crippen molar-refractivity contribution in [2.75, 3.05) is 31.1 Å². The summed E-state index contributed by atoms with van der Waals surface area (Å²) in [6.45, 7) is 3.22. The molecule has 1 saturated heterocycles. The van der Waals surface area contributed by atoms with Gasteiger partial charge in [-0.2, -0.15) is 5.26 Å². The number of rotatable bonds is 4. The Bertz CT molecular complexity index is 1220. The maximum Gasteiger partial charge on any atom is 0.272 e. The molecule has 3 aromatic heterocycles. The lowest BCUT2D eigenvalue weighted by Gasteiger charge is -2.36. The van der Waals surface area contributed by atoms with Gasteiger partial charge < -0.3 is 9.80 Å². The Hall–Kier alpha value is -3.51. The van der Waals surface area contributed by atoms with Crippen molar-refractivity contribution < 1.29 is 9.59 Å². The average molecular weight is 421 g/mol. The predicted molar refractivity (Wildman–Crippen MR) is 114 cm³/mol. The van der Waals surface area contributed by atoms with Crippen molar-refractivity contribution in [3.05, 3.63) is 56.6 Å². The summed E-state index contributed by atoms with van der Waals surface area (Å²) in [4.78, 5) is 46.0. The number of thiophene rings is 1. The van der Waals surface area contributed by atoms with Crippen molar-refractivity contribution in [2.45, 2.75) is 13.5 Å². The third-order valence-electron chi connectivity index (χ3n) is 5.10. The van der Waals surface area contributed by atoms with E-state index in [1.165, 1.54) is 22.8 Å². The number of amides is 1. The van der Waals surface area contributed by atoms with Gasteiger partial charge in [-0.3, -0.25) is 19.0 Å². The van der Waals surface area contributed by atoms with Gasteiger partial charge in [-0.1, -0.05) is 6.07 Å². The van der Waals surface area contributed by atoms with Gasteiger partial charge in [0.1, 0.15) is 23.1 Å². The van der Waals surface area contributed by atoms with Crippen LogP contribution in [0, 0.1) is 11.3 Å². The first-order chi connectivity index (χ1) is 14.5. The van der Waals surface area contributed by atoms with E-state index >= 15 is 0 Å². The first-order valence-electron chi connectivity index (χ1n) is 9.50. The van der Waals surface area contributed by atoms with Gasteiger partial charge in [0.2, 0.25) is 0 Å². The number of carbonyl (C=O) groups is 2. The fourth-order valence-corrected chi connectivity index (χ4v) is 4.44. The molecule has 30 heavy (non-hydrogen) atoms. The molecule has 9 heteroatoms. The molecule has 4 rings (SSSR count). The molecule has 1 amide bonds. The van der Waals surface area contributed by atoms with E-state index in [2.05, 4.69) is 4.98 Å².